The highest BCUT2D eigenvalue weighted by atomic mass is 79.9. The van der Waals surface area contributed by atoms with Crippen LogP contribution in [0.25, 0.3) is 0 Å². The van der Waals surface area contributed by atoms with Crippen LogP contribution >= 0.6 is 15.9 Å². The molecule has 1 aliphatic heterocycles. The van der Waals surface area contributed by atoms with E-state index in [0.29, 0.717) is 12.0 Å². The van der Waals surface area contributed by atoms with Gasteiger partial charge < -0.3 is 10.2 Å². The van der Waals surface area contributed by atoms with Gasteiger partial charge in [0, 0.05) is 21.9 Å². The number of nitrogens with one attached hydrogen (secondary N) is 1. The molecule has 0 amide bonds. The van der Waals surface area contributed by atoms with Gasteiger partial charge in [-0.2, -0.15) is 10.1 Å². The molecule has 3 aromatic rings. The van der Waals surface area contributed by atoms with Gasteiger partial charge in [0.15, 0.2) is 5.82 Å². The molecule has 4 rings (SSSR count). The van der Waals surface area contributed by atoms with E-state index in [1.54, 1.807) is 6.20 Å². The Morgan fingerprint density at radius 2 is 2.04 bits per heavy atom. The minimum atomic E-state index is 0.344. The second-order valence-corrected chi connectivity index (χ2v) is 7.19. The van der Waals surface area contributed by atoms with Crippen molar-refractivity contribution in [1.82, 2.24) is 15.2 Å². The van der Waals surface area contributed by atoms with Gasteiger partial charge in [-0.3, -0.25) is 0 Å². The first-order valence-corrected chi connectivity index (χ1v) is 9.01. The average molecular weight is 396 g/mol. The zero-order chi connectivity index (χ0) is 17.4. The lowest BCUT2D eigenvalue weighted by Gasteiger charge is -2.23. The first kappa shape index (κ1) is 16.0. The second-order valence-electron chi connectivity index (χ2n) is 6.27. The number of hydrogen-bond donors (Lipinski definition) is 1. The van der Waals surface area contributed by atoms with Gasteiger partial charge in [-0.15, -0.1) is 5.10 Å². The molecule has 1 N–H and O–H groups in total. The standard InChI is InChI=1S/C19H18BrN5/c1-12-9-15(20)7-8-16(12)22-19-23-18(11-21-24-19)25-13(2)10-14-5-3-4-6-17(14)25/h3-9,11,13H,10H2,1-2H3,(H,22,23,24). The molecule has 0 saturated carbocycles. The summed E-state index contributed by atoms with van der Waals surface area (Å²) in [5.74, 6) is 1.31. The fourth-order valence-electron chi connectivity index (χ4n) is 3.27. The van der Waals surface area contributed by atoms with E-state index in [1.165, 1.54) is 11.3 Å². The van der Waals surface area contributed by atoms with E-state index >= 15 is 0 Å². The van der Waals surface area contributed by atoms with Gasteiger partial charge in [0.05, 0.1) is 6.20 Å². The molecule has 25 heavy (non-hydrogen) atoms. The Labute approximate surface area is 155 Å². The number of benzene rings is 2. The van der Waals surface area contributed by atoms with E-state index in [4.69, 9.17) is 4.98 Å². The Bertz CT molecular complexity index is 927. The number of aromatic nitrogens is 3. The third kappa shape index (κ3) is 3.09. The third-order valence-corrected chi connectivity index (χ3v) is 4.93. The van der Waals surface area contributed by atoms with Crippen molar-refractivity contribution in [2.75, 3.05) is 10.2 Å². The highest BCUT2D eigenvalue weighted by Gasteiger charge is 2.28. The predicted octanol–water partition coefficient (Wildman–Crippen LogP) is 4.77. The van der Waals surface area contributed by atoms with Crippen LogP contribution in [0.2, 0.25) is 0 Å². The third-order valence-electron chi connectivity index (χ3n) is 4.44. The van der Waals surface area contributed by atoms with Crippen LogP contribution in [0, 0.1) is 6.92 Å². The first-order chi connectivity index (χ1) is 12.1. The second kappa shape index (κ2) is 6.44. The topological polar surface area (TPSA) is 53.9 Å². The molecule has 126 valence electrons. The fourth-order valence-corrected chi connectivity index (χ4v) is 3.74. The smallest absolute Gasteiger partial charge is 0.249 e. The quantitative estimate of drug-likeness (QED) is 0.691. The van der Waals surface area contributed by atoms with Crippen molar-refractivity contribution in [1.29, 1.82) is 0 Å². The molecular formula is C19H18BrN5. The summed E-state index contributed by atoms with van der Waals surface area (Å²) < 4.78 is 1.05. The number of aryl methyl sites for hydroxylation is 1. The zero-order valence-corrected chi connectivity index (χ0v) is 15.7. The van der Waals surface area contributed by atoms with E-state index in [2.05, 4.69) is 73.6 Å². The lowest BCUT2D eigenvalue weighted by molar-refractivity contribution is 0.745. The summed E-state index contributed by atoms with van der Waals surface area (Å²) in [7, 11) is 0. The lowest BCUT2D eigenvalue weighted by Crippen LogP contribution is -2.25. The molecule has 2 aromatic carbocycles. The van der Waals surface area contributed by atoms with Crippen LogP contribution in [0.5, 0.6) is 0 Å². The molecule has 1 aliphatic rings. The number of halogens is 1. The molecule has 1 unspecified atom stereocenters. The van der Waals surface area contributed by atoms with Crippen LogP contribution in [0.1, 0.15) is 18.1 Å². The van der Waals surface area contributed by atoms with Crippen LogP contribution in [0.15, 0.2) is 53.1 Å². The zero-order valence-electron chi connectivity index (χ0n) is 14.1. The number of fused-ring (bicyclic) bond motifs is 1. The van der Waals surface area contributed by atoms with Gasteiger partial charge in [0.1, 0.15) is 0 Å². The lowest BCUT2D eigenvalue weighted by atomic mass is 10.1. The van der Waals surface area contributed by atoms with Crippen molar-refractivity contribution in [3.63, 3.8) is 0 Å². The van der Waals surface area contributed by atoms with Crippen molar-refractivity contribution < 1.29 is 0 Å². The molecule has 0 aliphatic carbocycles. The maximum atomic E-state index is 4.69. The monoisotopic (exact) mass is 395 g/mol. The maximum Gasteiger partial charge on any atom is 0.249 e. The van der Waals surface area contributed by atoms with Gasteiger partial charge in [0.25, 0.3) is 0 Å². The summed E-state index contributed by atoms with van der Waals surface area (Å²) in [6.07, 6.45) is 2.73. The molecular weight excluding hydrogens is 378 g/mol. The average Bonchev–Trinajstić information content (AvgIpc) is 2.93. The molecule has 5 nitrogen and oxygen atoms in total. The summed E-state index contributed by atoms with van der Waals surface area (Å²) in [6.45, 7) is 4.25. The van der Waals surface area contributed by atoms with Crippen molar-refractivity contribution in [3.05, 3.63) is 64.3 Å². The van der Waals surface area contributed by atoms with Gasteiger partial charge in [-0.05, 0) is 55.7 Å². The highest BCUT2D eigenvalue weighted by molar-refractivity contribution is 9.10. The van der Waals surface area contributed by atoms with Crippen molar-refractivity contribution >= 4 is 39.1 Å². The fraction of sp³-hybridized carbons (Fsp3) is 0.211. The number of hydrogen-bond acceptors (Lipinski definition) is 5. The molecule has 1 aromatic heterocycles. The van der Waals surface area contributed by atoms with Gasteiger partial charge in [0.2, 0.25) is 5.95 Å². The van der Waals surface area contributed by atoms with E-state index in [1.807, 2.05) is 19.1 Å². The summed E-state index contributed by atoms with van der Waals surface area (Å²) >= 11 is 3.48. The minimum absolute atomic E-state index is 0.344. The maximum absolute atomic E-state index is 4.69. The number of rotatable bonds is 3. The largest absolute Gasteiger partial charge is 0.323 e. The normalized spacial score (nSPS) is 16.0. The summed E-state index contributed by atoms with van der Waals surface area (Å²) in [5.41, 5.74) is 4.62. The van der Waals surface area contributed by atoms with E-state index in [9.17, 15) is 0 Å². The van der Waals surface area contributed by atoms with Crippen LogP contribution in [0.4, 0.5) is 23.1 Å². The molecule has 0 saturated heterocycles. The minimum Gasteiger partial charge on any atom is -0.323 e. The number of para-hydroxylation sites is 1. The molecule has 0 bridgehead atoms. The van der Waals surface area contributed by atoms with Crippen LogP contribution < -0.4 is 10.2 Å². The molecule has 0 radical (unpaired) electrons. The predicted molar refractivity (Wildman–Crippen MR) is 104 cm³/mol. The van der Waals surface area contributed by atoms with Gasteiger partial charge >= 0.3 is 0 Å². The van der Waals surface area contributed by atoms with Crippen LogP contribution in [-0.2, 0) is 6.42 Å². The Balaban J connectivity index is 1.66. The Morgan fingerprint density at radius 3 is 2.88 bits per heavy atom. The Kier molecular flexibility index (Phi) is 4.13. The first-order valence-electron chi connectivity index (χ1n) is 8.22. The van der Waals surface area contributed by atoms with Gasteiger partial charge in [-0.25, -0.2) is 0 Å². The van der Waals surface area contributed by atoms with Gasteiger partial charge in [-0.1, -0.05) is 34.1 Å². The SMILES string of the molecule is Cc1cc(Br)ccc1Nc1nncc(N2c3ccccc3CC2C)n1. The van der Waals surface area contributed by atoms with Crippen molar-refractivity contribution in [2.24, 2.45) is 0 Å². The Hall–Kier alpha value is -2.47. The molecule has 0 spiro atoms. The van der Waals surface area contributed by atoms with Crippen LogP contribution in [0.3, 0.4) is 0 Å². The van der Waals surface area contributed by atoms with E-state index in [-0.39, 0.29) is 0 Å². The molecule has 6 heteroatoms. The summed E-state index contributed by atoms with van der Waals surface area (Å²) in [4.78, 5) is 6.92. The number of nitrogens with zero attached hydrogens (tertiary/aromatic N) is 4. The summed E-state index contributed by atoms with van der Waals surface area (Å²) in [5, 5.41) is 11.6. The van der Waals surface area contributed by atoms with Crippen molar-refractivity contribution in [3.8, 4) is 0 Å². The van der Waals surface area contributed by atoms with Crippen molar-refractivity contribution in [2.45, 2.75) is 26.3 Å². The summed E-state index contributed by atoms with van der Waals surface area (Å²) in [6, 6.07) is 14.8. The van der Waals surface area contributed by atoms with Crippen LogP contribution in [-0.4, -0.2) is 21.2 Å². The highest BCUT2D eigenvalue weighted by Crippen LogP contribution is 2.37. The molecule has 0 fully saturated rings. The Morgan fingerprint density at radius 1 is 1.20 bits per heavy atom. The number of anilines is 4. The molecule has 1 atom stereocenters. The van der Waals surface area contributed by atoms with E-state index < -0.39 is 0 Å². The van der Waals surface area contributed by atoms with E-state index in [0.717, 1.165) is 28.0 Å². The molecule has 2 heterocycles.